The van der Waals surface area contributed by atoms with E-state index in [0.717, 1.165) is 19.3 Å². The number of rotatable bonds is 7. The molecule has 1 N–H and O–H groups in total. The quantitative estimate of drug-likeness (QED) is 0.626. The molecule has 0 spiro atoms. The Bertz CT molecular complexity index is 643. The van der Waals surface area contributed by atoms with Gasteiger partial charge >= 0.3 is 5.97 Å². The van der Waals surface area contributed by atoms with Crippen molar-refractivity contribution in [3.63, 3.8) is 0 Å². The van der Waals surface area contributed by atoms with E-state index < -0.39 is 5.97 Å². The zero-order valence-corrected chi connectivity index (χ0v) is 13.1. The van der Waals surface area contributed by atoms with E-state index in [1.165, 1.54) is 10.7 Å². The topological polar surface area (TPSA) is 77.2 Å². The van der Waals surface area contributed by atoms with Gasteiger partial charge in [-0.05, 0) is 24.6 Å². The van der Waals surface area contributed by atoms with E-state index in [1.807, 2.05) is 0 Å². The first kappa shape index (κ1) is 16.5. The van der Waals surface area contributed by atoms with Crippen LogP contribution in [0.1, 0.15) is 42.4 Å². The summed E-state index contributed by atoms with van der Waals surface area (Å²) in [6.07, 6.45) is 4.42. The molecule has 0 atom stereocenters. The lowest BCUT2D eigenvalue weighted by atomic mass is 10.3. The summed E-state index contributed by atoms with van der Waals surface area (Å²) in [7, 11) is 0. The van der Waals surface area contributed by atoms with Gasteiger partial charge in [0.15, 0.2) is 11.5 Å². The second kappa shape index (κ2) is 7.91. The van der Waals surface area contributed by atoms with Crippen molar-refractivity contribution < 1.29 is 14.6 Å². The van der Waals surface area contributed by atoms with Crippen LogP contribution in [-0.2, 0) is 11.3 Å². The van der Waals surface area contributed by atoms with Crippen molar-refractivity contribution in [2.75, 3.05) is 6.61 Å². The molecule has 0 fully saturated rings. The monoisotopic (exact) mass is 323 g/mol. The average Bonchev–Trinajstić information content (AvgIpc) is 2.96. The lowest BCUT2D eigenvalue weighted by Gasteiger charge is -2.08. The first-order valence-corrected chi connectivity index (χ1v) is 7.53. The van der Waals surface area contributed by atoms with Crippen molar-refractivity contribution in [3.8, 4) is 5.82 Å². The third-order valence-corrected chi connectivity index (χ3v) is 3.35. The average molecular weight is 324 g/mol. The lowest BCUT2D eigenvalue weighted by molar-refractivity contribution is 0.0487. The van der Waals surface area contributed by atoms with Crippen LogP contribution in [0.25, 0.3) is 5.82 Å². The minimum atomic E-state index is -0.509. The molecule has 22 heavy (non-hydrogen) atoms. The van der Waals surface area contributed by atoms with E-state index in [9.17, 15) is 9.90 Å². The van der Waals surface area contributed by atoms with E-state index in [4.69, 9.17) is 16.3 Å². The molecule has 0 saturated heterocycles. The molecule has 6 nitrogen and oxygen atoms in total. The van der Waals surface area contributed by atoms with E-state index in [-0.39, 0.29) is 12.3 Å². The van der Waals surface area contributed by atoms with Crippen molar-refractivity contribution in [1.82, 2.24) is 14.8 Å². The van der Waals surface area contributed by atoms with Crippen LogP contribution in [0.15, 0.2) is 24.4 Å². The molecule has 2 heterocycles. The molecule has 0 bridgehead atoms. The van der Waals surface area contributed by atoms with Crippen LogP contribution in [-0.4, -0.2) is 32.4 Å². The van der Waals surface area contributed by atoms with Gasteiger partial charge in [-0.15, -0.1) is 0 Å². The van der Waals surface area contributed by atoms with Crippen LogP contribution in [0.5, 0.6) is 0 Å². The number of aromatic nitrogens is 3. The summed E-state index contributed by atoms with van der Waals surface area (Å²) < 4.78 is 6.54. The van der Waals surface area contributed by atoms with Crippen molar-refractivity contribution in [2.24, 2.45) is 0 Å². The van der Waals surface area contributed by atoms with Gasteiger partial charge in [0.05, 0.1) is 23.9 Å². The zero-order valence-electron chi connectivity index (χ0n) is 12.3. The number of aliphatic hydroxyl groups is 1. The molecule has 0 aromatic carbocycles. The second-order valence-electron chi connectivity index (χ2n) is 4.74. The molecule has 0 unspecified atom stereocenters. The summed E-state index contributed by atoms with van der Waals surface area (Å²) in [5, 5.41) is 13.7. The molecule has 0 radical (unpaired) electrons. The number of hydrogen-bond donors (Lipinski definition) is 1. The Labute approximate surface area is 133 Å². The fourth-order valence-corrected chi connectivity index (χ4v) is 2.14. The molecule has 0 aliphatic carbocycles. The highest BCUT2D eigenvalue weighted by atomic mass is 35.5. The van der Waals surface area contributed by atoms with E-state index in [1.54, 1.807) is 18.3 Å². The molecule has 2 aromatic heterocycles. The van der Waals surface area contributed by atoms with Gasteiger partial charge in [0.25, 0.3) is 0 Å². The molecule has 0 amide bonds. The Morgan fingerprint density at radius 2 is 2.27 bits per heavy atom. The standard InChI is InChI=1S/C15H18ClN3O3/c1-2-3-4-8-22-15(21)13-9-11(10-20)18-19(13)14-12(16)6-5-7-17-14/h5-7,9,20H,2-4,8,10H2,1H3. The Morgan fingerprint density at radius 1 is 1.45 bits per heavy atom. The highest BCUT2D eigenvalue weighted by molar-refractivity contribution is 6.32. The fraction of sp³-hybridized carbons (Fsp3) is 0.400. The Balaban J connectivity index is 2.25. The maximum Gasteiger partial charge on any atom is 0.357 e. The number of pyridine rings is 1. The summed E-state index contributed by atoms with van der Waals surface area (Å²) in [5.41, 5.74) is 0.545. The van der Waals surface area contributed by atoms with Crippen molar-refractivity contribution in [2.45, 2.75) is 32.8 Å². The van der Waals surface area contributed by atoms with Gasteiger partial charge in [-0.2, -0.15) is 5.10 Å². The van der Waals surface area contributed by atoms with Crippen LogP contribution >= 0.6 is 11.6 Å². The molecule has 0 saturated carbocycles. The van der Waals surface area contributed by atoms with Gasteiger partial charge in [0.1, 0.15) is 0 Å². The summed E-state index contributed by atoms with van der Waals surface area (Å²) in [5.74, 6) is -0.186. The van der Waals surface area contributed by atoms with Crippen LogP contribution in [0.2, 0.25) is 5.02 Å². The maximum atomic E-state index is 12.2. The molecular weight excluding hydrogens is 306 g/mol. The van der Waals surface area contributed by atoms with Crippen molar-refractivity contribution in [1.29, 1.82) is 0 Å². The third-order valence-electron chi connectivity index (χ3n) is 3.05. The minimum absolute atomic E-state index is 0.196. The maximum absolute atomic E-state index is 12.2. The number of unbranched alkanes of at least 4 members (excludes halogenated alkanes) is 2. The number of esters is 1. The zero-order chi connectivity index (χ0) is 15.9. The molecule has 2 rings (SSSR count). The van der Waals surface area contributed by atoms with Gasteiger partial charge in [-0.3, -0.25) is 0 Å². The predicted molar refractivity (Wildman–Crippen MR) is 82.1 cm³/mol. The number of hydrogen-bond acceptors (Lipinski definition) is 5. The smallest absolute Gasteiger partial charge is 0.357 e. The van der Waals surface area contributed by atoms with Gasteiger partial charge < -0.3 is 9.84 Å². The molecular formula is C15H18ClN3O3. The number of halogens is 1. The van der Waals surface area contributed by atoms with Crippen LogP contribution in [0.3, 0.4) is 0 Å². The van der Waals surface area contributed by atoms with Gasteiger partial charge in [0.2, 0.25) is 0 Å². The van der Waals surface area contributed by atoms with Crippen molar-refractivity contribution >= 4 is 17.6 Å². The van der Waals surface area contributed by atoms with Crippen LogP contribution in [0, 0.1) is 0 Å². The Hall–Kier alpha value is -1.92. The molecule has 2 aromatic rings. The van der Waals surface area contributed by atoms with Crippen LogP contribution < -0.4 is 0 Å². The van der Waals surface area contributed by atoms with Gasteiger partial charge in [-0.1, -0.05) is 31.4 Å². The SMILES string of the molecule is CCCCCOC(=O)c1cc(CO)nn1-c1ncccc1Cl. The van der Waals surface area contributed by atoms with Crippen LogP contribution in [0.4, 0.5) is 0 Å². The Kier molecular flexibility index (Phi) is 5.91. The highest BCUT2D eigenvalue weighted by Crippen LogP contribution is 2.20. The molecule has 0 aliphatic rings. The van der Waals surface area contributed by atoms with E-state index in [2.05, 4.69) is 17.0 Å². The second-order valence-corrected chi connectivity index (χ2v) is 5.15. The number of aliphatic hydroxyl groups excluding tert-OH is 1. The largest absolute Gasteiger partial charge is 0.461 e. The summed E-state index contributed by atoms with van der Waals surface area (Å²) in [4.78, 5) is 16.3. The summed E-state index contributed by atoms with van der Waals surface area (Å²) in [6, 6.07) is 4.82. The number of carbonyl (C=O) groups is 1. The first-order valence-electron chi connectivity index (χ1n) is 7.15. The fourth-order valence-electron chi connectivity index (χ4n) is 1.94. The van der Waals surface area contributed by atoms with Crippen molar-refractivity contribution in [3.05, 3.63) is 40.8 Å². The minimum Gasteiger partial charge on any atom is -0.461 e. The third kappa shape index (κ3) is 3.84. The first-order chi connectivity index (χ1) is 10.7. The van der Waals surface area contributed by atoms with Gasteiger partial charge in [0, 0.05) is 6.20 Å². The Morgan fingerprint density at radius 3 is 2.95 bits per heavy atom. The molecule has 118 valence electrons. The normalized spacial score (nSPS) is 10.7. The highest BCUT2D eigenvalue weighted by Gasteiger charge is 2.19. The van der Waals surface area contributed by atoms with E-state index >= 15 is 0 Å². The lowest BCUT2D eigenvalue weighted by Crippen LogP contribution is -2.14. The van der Waals surface area contributed by atoms with Gasteiger partial charge in [-0.25, -0.2) is 14.5 Å². The number of nitrogens with zero attached hydrogens (tertiary/aromatic N) is 3. The van der Waals surface area contributed by atoms with E-state index in [0.29, 0.717) is 23.1 Å². The number of ether oxygens (including phenoxy) is 1. The molecule has 7 heteroatoms. The summed E-state index contributed by atoms with van der Waals surface area (Å²) in [6.45, 7) is 2.14. The predicted octanol–water partition coefficient (Wildman–Crippen LogP) is 2.76. The molecule has 0 aliphatic heterocycles. The number of carbonyl (C=O) groups excluding carboxylic acids is 1. The summed E-state index contributed by atoms with van der Waals surface area (Å²) >= 11 is 6.10.